The summed E-state index contributed by atoms with van der Waals surface area (Å²) in [7, 11) is -3.62. The summed E-state index contributed by atoms with van der Waals surface area (Å²) >= 11 is 0. The highest BCUT2D eigenvalue weighted by molar-refractivity contribution is 7.89. The van der Waals surface area contributed by atoms with Gasteiger partial charge in [0.1, 0.15) is 5.52 Å². The fraction of sp³-hybridized carbons (Fsp3) is 0.176. The number of aromatic nitrogens is 1. The van der Waals surface area contributed by atoms with Crippen molar-refractivity contribution in [2.75, 3.05) is 11.9 Å². The van der Waals surface area contributed by atoms with Crippen molar-refractivity contribution in [3.8, 4) is 0 Å². The number of oxazole rings is 1. The zero-order chi connectivity index (χ0) is 18.0. The van der Waals surface area contributed by atoms with Crippen LogP contribution in [-0.4, -0.2) is 25.9 Å². The second-order valence-electron chi connectivity index (χ2n) is 5.40. The predicted octanol–water partition coefficient (Wildman–Crippen LogP) is 2.69. The third kappa shape index (κ3) is 3.70. The molecule has 0 aliphatic carbocycles. The number of aryl methyl sites for hydroxylation is 1. The number of fused-ring (bicyclic) bond motifs is 1. The van der Waals surface area contributed by atoms with Gasteiger partial charge in [-0.15, -0.1) is 0 Å². The molecule has 2 N–H and O–H groups in total. The Balaban J connectivity index is 1.85. The van der Waals surface area contributed by atoms with E-state index in [2.05, 4.69) is 15.0 Å². The zero-order valence-corrected chi connectivity index (χ0v) is 14.6. The topological polar surface area (TPSA) is 101 Å². The number of anilines is 1. The van der Waals surface area contributed by atoms with Gasteiger partial charge in [0.05, 0.1) is 4.90 Å². The van der Waals surface area contributed by atoms with Crippen LogP contribution >= 0.6 is 0 Å². The van der Waals surface area contributed by atoms with E-state index < -0.39 is 15.9 Å². The molecular weight excluding hydrogens is 342 g/mol. The summed E-state index contributed by atoms with van der Waals surface area (Å²) in [5.41, 5.74) is 2.06. The van der Waals surface area contributed by atoms with Crippen molar-refractivity contribution in [3.63, 3.8) is 0 Å². The van der Waals surface area contributed by atoms with Gasteiger partial charge in [-0.25, -0.2) is 18.1 Å². The van der Waals surface area contributed by atoms with Crippen molar-refractivity contribution in [1.82, 2.24) is 9.71 Å². The van der Waals surface area contributed by atoms with Gasteiger partial charge in [0, 0.05) is 24.7 Å². The summed E-state index contributed by atoms with van der Waals surface area (Å²) < 4.78 is 31.9. The minimum absolute atomic E-state index is 0.0459. The summed E-state index contributed by atoms with van der Waals surface area (Å²) in [6, 6.07) is 11.0. The highest BCUT2D eigenvalue weighted by atomic mass is 32.2. The first-order valence-corrected chi connectivity index (χ1v) is 9.15. The van der Waals surface area contributed by atoms with Crippen LogP contribution in [0.4, 0.5) is 5.69 Å². The Morgan fingerprint density at radius 2 is 2.00 bits per heavy atom. The summed E-state index contributed by atoms with van der Waals surface area (Å²) in [5, 5.41) is 2.73. The smallest absolute Gasteiger partial charge is 0.255 e. The summed E-state index contributed by atoms with van der Waals surface area (Å²) in [5.74, 6) is 0.132. The fourth-order valence-electron chi connectivity index (χ4n) is 2.40. The lowest BCUT2D eigenvalue weighted by Gasteiger charge is -2.08. The van der Waals surface area contributed by atoms with Crippen molar-refractivity contribution < 1.29 is 17.6 Å². The number of rotatable bonds is 5. The number of amides is 1. The molecule has 0 radical (unpaired) electrons. The first kappa shape index (κ1) is 17.1. The Hall–Kier alpha value is -2.71. The lowest BCUT2D eigenvalue weighted by atomic mass is 10.2. The number of sulfonamides is 1. The van der Waals surface area contributed by atoms with E-state index in [-0.39, 0.29) is 17.0 Å². The minimum Gasteiger partial charge on any atom is -0.441 e. The maximum Gasteiger partial charge on any atom is 0.255 e. The largest absolute Gasteiger partial charge is 0.441 e. The third-order valence-electron chi connectivity index (χ3n) is 3.49. The van der Waals surface area contributed by atoms with Crippen molar-refractivity contribution in [1.29, 1.82) is 0 Å². The molecule has 3 aromatic rings. The van der Waals surface area contributed by atoms with E-state index in [9.17, 15) is 13.2 Å². The number of hydrogen-bond donors (Lipinski definition) is 2. The molecule has 0 unspecified atom stereocenters. The van der Waals surface area contributed by atoms with Crippen LogP contribution in [0.15, 0.2) is 51.8 Å². The Kier molecular flexibility index (Phi) is 4.56. The number of hydrogen-bond acceptors (Lipinski definition) is 5. The van der Waals surface area contributed by atoms with E-state index >= 15 is 0 Å². The van der Waals surface area contributed by atoms with Crippen molar-refractivity contribution >= 4 is 32.7 Å². The molecule has 2 aromatic carbocycles. The molecule has 0 fully saturated rings. The van der Waals surface area contributed by atoms with Gasteiger partial charge in [0.2, 0.25) is 10.0 Å². The van der Waals surface area contributed by atoms with Crippen LogP contribution in [0, 0.1) is 6.92 Å². The van der Waals surface area contributed by atoms with Gasteiger partial charge in [0.15, 0.2) is 11.5 Å². The highest BCUT2D eigenvalue weighted by Gasteiger charge is 2.15. The lowest BCUT2D eigenvalue weighted by Crippen LogP contribution is -2.23. The molecule has 3 rings (SSSR count). The quantitative estimate of drug-likeness (QED) is 0.729. The van der Waals surface area contributed by atoms with Crippen LogP contribution in [0.3, 0.4) is 0 Å². The van der Waals surface area contributed by atoms with Crippen molar-refractivity contribution in [2.45, 2.75) is 18.7 Å². The summed E-state index contributed by atoms with van der Waals surface area (Å²) in [6.07, 6.45) is 0. The molecule has 0 spiro atoms. The normalized spacial score (nSPS) is 11.6. The van der Waals surface area contributed by atoms with Crippen LogP contribution in [0.1, 0.15) is 23.2 Å². The molecule has 130 valence electrons. The van der Waals surface area contributed by atoms with Gasteiger partial charge in [0.25, 0.3) is 5.91 Å². The number of carbonyl (C=O) groups is 1. The summed E-state index contributed by atoms with van der Waals surface area (Å²) in [6.45, 7) is 3.71. The number of carbonyl (C=O) groups excluding carboxylic acids is 1. The maximum atomic E-state index is 12.4. The molecule has 1 heterocycles. The molecule has 0 atom stereocenters. The first-order chi connectivity index (χ1) is 11.9. The Labute approximate surface area is 145 Å². The van der Waals surface area contributed by atoms with E-state index in [4.69, 9.17) is 4.42 Å². The molecule has 0 bridgehead atoms. The van der Waals surface area contributed by atoms with E-state index in [0.29, 0.717) is 22.7 Å². The molecule has 0 saturated carbocycles. The van der Waals surface area contributed by atoms with Crippen LogP contribution in [0.5, 0.6) is 0 Å². The Bertz CT molecular complexity index is 1040. The Morgan fingerprint density at radius 3 is 2.76 bits per heavy atom. The molecule has 1 aromatic heterocycles. The lowest BCUT2D eigenvalue weighted by molar-refractivity contribution is 0.102. The van der Waals surface area contributed by atoms with Gasteiger partial charge < -0.3 is 9.73 Å². The van der Waals surface area contributed by atoms with E-state index in [1.165, 1.54) is 18.2 Å². The van der Waals surface area contributed by atoms with E-state index in [1.807, 2.05) is 0 Å². The van der Waals surface area contributed by atoms with E-state index in [1.54, 1.807) is 38.1 Å². The fourth-order valence-corrected chi connectivity index (χ4v) is 3.49. The van der Waals surface area contributed by atoms with E-state index in [0.717, 1.165) is 0 Å². The molecular formula is C17H17N3O4S. The highest BCUT2D eigenvalue weighted by Crippen LogP contribution is 2.20. The standard InChI is InChI=1S/C17H17N3O4S/c1-3-18-25(22,23)14-6-4-5-12(9-14)17(21)20-13-7-8-16-15(10-13)19-11(2)24-16/h4-10,18H,3H2,1-2H3,(H,20,21). The molecule has 8 heteroatoms. The summed E-state index contributed by atoms with van der Waals surface area (Å²) in [4.78, 5) is 16.7. The van der Waals surface area contributed by atoms with Crippen LogP contribution in [0.25, 0.3) is 11.1 Å². The van der Waals surface area contributed by atoms with Gasteiger partial charge in [-0.05, 0) is 36.4 Å². The second kappa shape index (κ2) is 6.66. The van der Waals surface area contributed by atoms with Crippen LogP contribution in [-0.2, 0) is 10.0 Å². The SMILES string of the molecule is CCNS(=O)(=O)c1cccc(C(=O)Nc2ccc3oc(C)nc3c2)c1. The molecule has 0 saturated heterocycles. The minimum atomic E-state index is -3.62. The zero-order valence-electron chi connectivity index (χ0n) is 13.7. The molecule has 25 heavy (non-hydrogen) atoms. The van der Waals surface area contributed by atoms with Gasteiger partial charge in [-0.3, -0.25) is 4.79 Å². The van der Waals surface area contributed by atoms with Gasteiger partial charge >= 0.3 is 0 Å². The van der Waals surface area contributed by atoms with Crippen molar-refractivity contribution in [2.24, 2.45) is 0 Å². The maximum absolute atomic E-state index is 12.4. The molecule has 0 aliphatic heterocycles. The van der Waals surface area contributed by atoms with Crippen LogP contribution < -0.4 is 10.0 Å². The number of nitrogens with zero attached hydrogens (tertiary/aromatic N) is 1. The Morgan fingerprint density at radius 1 is 1.20 bits per heavy atom. The average molecular weight is 359 g/mol. The number of nitrogens with one attached hydrogen (secondary N) is 2. The number of benzene rings is 2. The molecule has 7 nitrogen and oxygen atoms in total. The average Bonchev–Trinajstić information content (AvgIpc) is 2.94. The first-order valence-electron chi connectivity index (χ1n) is 7.67. The molecule has 1 amide bonds. The predicted molar refractivity (Wildman–Crippen MR) is 94.0 cm³/mol. The molecule has 0 aliphatic rings. The van der Waals surface area contributed by atoms with Crippen molar-refractivity contribution in [3.05, 3.63) is 53.9 Å². The van der Waals surface area contributed by atoms with Crippen LogP contribution in [0.2, 0.25) is 0 Å². The van der Waals surface area contributed by atoms with Gasteiger partial charge in [-0.2, -0.15) is 0 Å². The third-order valence-corrected chi connectivity index (χ3v) is 5.04. The monoisotopic (exact) mass is 359 g/mol. The second-order valence-corrected chi connectivity index (χ2v) is 7.17. The van der Waals surface area contributed by atoms with Gasteiger partial charge in [-0.1, -0.05) is 13.0 Å².